The summed E-state index contributed by atoms with van der Waals surface area (Å²) >= 11 is 0. The van der Waals surface area contributed by atoms with Crippen molar-refractivity contribution in [1.29, 1.82) is 0 Å². The standard InChI is InChI=1S/C28H27F3N8O3/c1-42-20-10-15(27(41)36-21-11-17(6-7-34-21)28(29,30)31)3-5-19(20)23-24-25(32)35-8-9-38(24)26(37-23)16-2-4-18-12-33-13-22(40)39(18)14-16/h3,5-11,16,18,33H,2,4,12-14H2,1H3,(H2,32,35)(H,34,36,41)/t16-,18+/m1/s1. The van der Waals surface area contributed by atoms with Gasteiger partial charge in [-0.1, -0.05) is 0 Å². The van der Waals surface area contributed by atoms with E-state index in [9.17, 15) is 22.8 Å². The van der Waals surface area contributed by atoms with Crippen LogP contribution in [0.15, 0.2) is 48.9 Å². The van der Waals surface area contributed by atoms with Crippen LogP contribution in [-0.4, -0.2) is 68.9 Å². The first-order chi connectivity index (χ1) is 20.1. The number of methoxy groups -OCH3 is 1. The molecular formula is C28H27F3N8O3. The zero-order chi connectivity index (χ0) is 29.6. The minimum Gasteiger partial charge on any atom is -0.496 e. The number of alkyl halides is 3. The van der Waals surface area contributed by atoms with Crippen LogP contribution in [-0.2, 0) is 11.0 Å². The number of piperazine rings is 1. The number of nitrogens with zero attached hydrogens (tertiary/aromatic N) is 5. The van der Waals surface area contributed by atoms with E-state index in [0.717, 1.165) is 43.5 Å². The third kappa shape index (κ3) is 4.98. The highest BCUT2D eigenvalue weighted by Gasteiger charge is 2.37. The van der Waals surface area contributed by atoms with Gasteiger partial charge in [-0.25, -0.2) is 15.0 Å². The number of fused-ring (bicyclic) bond motifs is 2. The van der Waals surface area contributed by atoms with Gasteiger partial charge in [-0.3, -0.25) is 14.0 Å². The normalized spacial score (nSPS) is 19.0. The SMILES string of the molecule is COc1cc(C(=O)Nc2cc(C(F)(F)F)ccn2)ccc1-c1nc([C@@H]2CC[C@H]3CNCC(=O)N3C2)n2ccnc(N)c12. The molecule has 2 aliphatic rings. The Bertz CT molecular complexity index is 1690. The van der Waals surface area contributed by atoms with Crippen LogP contribution < -0.4 is 21.1 Å². The number of ether oxygens (including phenoxy) is 1. The van der Waals surface area contributed by atoms with Gasteiger partial charge in [0.15, 0.2) is 0 Å². The summed E-state index contributed by atoms with van der Waals surface area (Å²) < 4.78 is 46.8. The van der Waals surface area contributed by atoms with Crippen molar-refractivity contribution < 1.29 is 27.5 Å². The average molecular weight is 581 g/mol. The first-order valence-corrected chi connectivity index (χ1v) is 13.3. The van der Waals surface area contributed by atoms with Crippen molar-refractivity contribution in [3.63, 3.8) is 0 Å². The molecule has 0 radical (unpaired) electrons. The molecule has 6 rings (SSSR count). The maximum absolute atomic E-state index is 13.1. The topological polar surface area (TPSA) is 140 Å². The van der Waals surface area contributed by atoms with E-state index in [1.165, 1.54) is 19.2 Å². The van der Waals surface area contributed by atoms with E-state index in [1.807, 2.05) is 9.30 Å². The van der Waals surface area contributed by atoms with Crippen LogP contribution in [0, 0.1) is 0 Å². The molecular weight excluding hydrogens is 553 g/mol. The van der Waals surface area contributed by atoms with Gasteiger partial charge in [0.05, 0.1) is 19.2 Å². The van der Waals surface area contributed by atoms with Gasteiger partial charge in [-0.2, -0.15) is 13.2 Å². The van der Waals surface area contributed by atoms with E-state index >= 15 is 0 Å². The fourth-order valence-electron chi connectivity index (χ4n) is 5.66. The lowest BCUT2D eigenvalue weighted by atomic mass is 9.91. The molecule has 0 saturated carbocycles. The van der Waals surface area contributed by atoms with Gasteiger partial charge in [-0.15, -0.1) is 0 Å². The number of hydrogen-bond acceptors (Lipinski definition) is 8. The highest BCUT2D eigenvalue weighted by molar-refractivity contribution is 6.04. The van der Waals surface area contributed by atoms with Crippen LogP contribution >= 0.6 is 0 Å². The number of nitrogen functional groups attached to an aromatic ring is 1. The summed E-state index contributed by atoms with van der Waals surface area (Å²) in [7, 11) is 1.44. The summed E-state index contributed by atoms with van der Waals surface area (Å²) in [6.07, 6.45) is 1.44. The Morgan fingerprint density at radius 1 is 1.17 bits per heavy atom. The van der Waals surface area contributed by atoms with Crippen molar-refractivity contribution in [3.05, 3.63) is 65.9 Å². The van der Waals surface area contributed by atoms with Crippen LogP contribution in [0.4, 0.5) is 24.8 Å². The summed E-state index contributed by atoms with van der Waals surface area (Å²) in [6, 6.07) is 6.38. The summed E-state index contributed by atoms with van der Waals surface area (Å²) in [5.74, 6) is 0.405. The number of carbonyl (C=O) groups excluding carboxylic acids is 2. The van der Waals surface area contributed by atoms with Crippen LogP contribution in [0.1, 0.15) is 40.5 Å². The Hall–Kier alpha value is -4.72. The van der Waals surface area contributed by atoms with E-state index in [4.69, 9.17) is 15.5 Å². The Kier molecular flexibility index (Phi) is 6.93. The molecule has 0 bridgehead atoms. The predicted octanol–water partition coefficient (Wildman–Crippen LogP) is 3.33. The smallest absolute Gasteiger partial charge is 0.416 e. The number of carbonyl (C=O) groups is 2. The molecule has 2 amide bonds. The monoisotopic (exact) mass is 580 g/mol. The van der Waals surface area contributed by atoms with Gasteiger partial charge in [0.2, 0.25) is 5.91 Å². The number of piperidine rings is 1. The molecule has 4 aromatic rings. The molecule has 4 N–H and O–H groups in total. The molecule has 14 heteroatoms. The second-order valence-electron chi connectivity index (χ2n) is 10.3. The molecule has 1 aromatic carbocycles. The summed E-state index contributed by atoms with van der Waals surface area (Å²) in [5.41, 5.74) is 7.14. The third-order valence-corrected chi connectivity index (χ3v) is 7.71. The molecule has 5 heterocycles. The van der Waals surface area contributed by atoms with E-state index in [2.05, 4.69) is 20.6 Å². The molecule has 2 fully saturated rings. The quantitative estimate of drug-likeness (QED) is 0.327. The van der Waals surface area contributed by atoms with Gasteiger partial charge in [0.25, 0.3) is 5.91 Å². The molecule has 218 valence electrons. The number of halogens is 3. The number of nitrogens with one attached hydrogen (secondary N) is 2. The zero-order valence-corrected chi connectivity index (χ0v) is 22.5. The number of imidazole rings is 1. The van der Waals surface area contributed by atoms with Gasteiger partial charge in [0.1, 0.15) is 34.4 Å². The lowest BCUT2D eigenvalue weighted by Crippen LogP contribution is -2.57. The van der Waals surface area contributed by atoms with Crippen LogP contribution in [0.2, 0.25) is 0 Å². The lowest BCUT2D eigenvalue weighted by Gasteiger charge is -2.42. The largest absolute Gasteiger partial charge is 0.496 e. The molecule has 2 aliphatic heterocycles. The van der Waals surface area contributed by atoms with E-state index in [0.29, 0.717) is 35.6 Å². The molecule has 0 aliphatic carbocycles. The summed E-state index contributed by atoms with van der Waals surface area (Å²) in [5, 5.41) is 5.57. The number of rotatable bonds is 5. The van der Waals surface area contributed by atoms with Crippen molar-refractivity contribution >= 4 is 29.0 Å². The molecule has 11 nitrogen and oxygen atoms in total. The van der Waals surface area contributed by atoms with Gasteiger partial charge < -0.3 is 26.0 Å². The first-order valence-electron chi connectivity index (χ1n) is 13.3. The number of anilines is 2. The van der Waals surface area contributed by atoms with Crippen LogP contribution in [0.25, 0.3) is 16.8 Å². The maximum atomic E-state index is 13.1. The number of nitrogens with two attached hydrogens (primary N) is 1. The Balaban J connectivity index is 1.34. The minimum absolute atomic E-state index is 0.0395. The fraction of sp³-hybridized carbons (Fsp3) is 0.321. The summed E-state index contributed by atoms with van der Waals surface area (Å²) in [6.45, 7) is 1.62. The zero-order valence-electron chi connectivity index (χ0n) is 22.5. The Labute approximate surface area is 237 Å². The van der Waals surface area contributed by atoms with Crippen LogP contribution in [0.3, 0.4) is 0 Å². The van der Waals surface area contributed by atoms with E-state index in [1.54, 1.807) is 18.5 Å². The minimum atomic E-state index is -4.57. The predicted molar refractivity (Wildman–Crippen MR) is 147 cm³/mol. The second kappa shape index (κ2) is 10.6. The van der Waals surface area contributed by atoms with Gasteiger partial charge in [-0.05, 0) is 43.2 Å². The number of hydrogen-bond donors (Lipinski definition) is 3. The Morgan fingerprint density at radius 2 is 2.00 bits per heavy atom. The Morgan fingerprint density at radius 3 is 2.79 bits per heavy atom. The van der Waals surface area contributed by atoms with Crippen molar-refractivity contribution in [3.8, 4) is 17.0 Å². The summed E-state index contributed by atoms with van der Waals surface area (Å²) in [4.78, 5) is 40.5. The molecule has 2 saturated heterocycles. The van der Waals surface area contributed by atoms with Gasteiger partial charge in [0, 0.05) is 54.8 Å². The molecule has 42 heavy (non-hydrogen) atoms. The van der Waals surface area contributed by atoms with Crippen molar-refractivity contribution in [2.45, 2.75) is 31.0 Å². The maximum Gasteiger partial charge on any atom is 0.416 e. The molecule has 0 spiro atoms. The van der Waals surface area contributed by atoms with Crippen molar-refractivity contribution in [2.75, 3.05) is 37.8 Å². The first kappa shape index (κ1) is 27.4. The molecule has 3 aromatic heterocycles. The molecule has 0 unspecified atom stereocenters. The highest BCUT2D eigenvalue weighted by Crippen LogP contribution is 2.39. The third-order valence-electron chi connectivity index (χ3n) is 7.71. The van der Waals surface area contributed by atoms with E-state index in [-0.39, 0.29) is 35.1 Å². The molecule has 2 atom stereocenters. The number of aromatic nitrogens is 4. The van der Waals surface area contributed by atoms with Crippen LogP contribution in [0.5, 0.6) is 5.75 Å². The highest BCUT2D eigenvalue weighted by atomic mass is 19.4. The number of pyridine rings is 1. The number of benzene rings is 1. The van der Waals surface area contributed by atoms with Crippen molar-refractivity contribution in [2.24, 2.45) is 0 Å². The lowest BCUT2D eigenvalue weighted by molar-refractivity contribution is -0.138. The van der Waals surface area contributed by atoms with E-state index < -0.39 is 17.6 Å². The van der Waals surface area contributed by atoms with Gasteiger partial charge >= 0.3 is 6.18 Å². The van der Waals surface area contributed by atoms with Crippen molar-refractivity contribution in [1.82, 2.24) is 29.6 Å². The second-order valence-corrected chi connectivity index (χ2v) is 10.3. The average Bonchev–Trinajstić information content (AvgIpc) is 3.37. The fourth-order valence-corrected chi connectivity index (χ4v) is 5.66. The number of amides is 2.